The Kier molecular flexibility index (Phi) is 4.14. The second kappa shape index (κ2) is 5.65. The molecule has 0 bridgehead atoms. The van der Waals surface area contributed by atoms with Crippen LogP contribution in [0.3, 0.4) is 0 Å². The first kappa shape index (κ1) is 13.9. The molecule has 4 nitrogen and oxygen atoms in total. The van der Waals surface area contributed by atoms with Crippen molar-refractivity contribution in [2.45, 2.75) is 27.2 Å². The highest BCUT2D eigenvalue weighted by Crippen LogP contribution is 2.26. The van der Waals surface area contributed by atoms with Crippen LogP contribution in [0.5, 0.6) is 0 Å². The molecule has 0 aliphatic carbocycles. The average Bonchev–Trinajstić information content (AvgIpc) is 2.34. The number of anilines is 1. The maximum Gasteiger partial charge on any atom is 0.180 e. The van der Waals surface area contributed by atoms with Gasteiger partial charge in [-0.2, -0.15) is 0 Å². The molecule has 19 heavy (non-hydrogen) atoms. The van der Waals surface area contributed by atoms with Crippen LogP contribution in [-0.2, 0) is 6.42 Å². The zero-order valence-corrected chi connectivity index (χ0v) is 12.9. The van der Waals surface area contributed by atoms with Crippen molar-refractivity contribution in [2.24, 2.45) is 5.92 Å². The van der Waals surface area contributed by atoms with Gasteiger partial charge in [-0.25, -0.2) is 15.0 Å². The maximum absolute atomic E-state index is 5.95. The van der Waals surface area contributed by atoms with E-state index in [1.165, 1.54) is 0 Å². The minimum Gasteiger partial charge on any atom is -0.383 e. The van der Waals surface area contributed by atoms with Crippen molar-refractivity contribution in [3.05, 3.63) is 34.1 Å². The summed E-state index contributed by atoms with van der Waals surface area (Å²) in [6.07, 6.45) is 0.853. The van der Waals surface area contributed by atoms with Gasteiger partial charge in [-0.1, -0.05) is 19.9 Å². The minimum absolute atomic E-state index is 0.462. The molecule has 2 aromatic heterocycles. The van der Waals surface area contributed by atoms with Crippen LogP contribution in [0.1, 0.15) is 25.2 Å². The lowest BCUT2D eigenvalue weighted by Gasteiger charge is -2.10. The summed E-state index contributed by atoms with van der Waals surface area (Å²) in [6, 6.07) is 5.79. The number of hydrogen-bond acceptors (Lipinski definition) is 4. The molecule has 0 unspecified atom stereocenters. The van der Waals surface area contributed by atoms with Gasteiger partial charge in [0.1, 0.15) is 11.5 Å². The normalized spacial score (nSPS) is 11.0. The topological polar surface area (TPSA) is 64.7 Å². The molecule has 0 fully saturated rings. The van der Waals surface area contributed by atoms with Crippen molar-refractivity contribution >= 4 is 21.7 Å². The first-order valence-electron chi connectivity index (χ1n) is 6.23. The van der Waals surface area contributed by atoms with E-state index >= 15 is 0 Å². The molecule has 2 rings (SSSR count). The van der Waals surface area contributed by atoms with Gasteiger partial charge in [0.2, 0.25) is 0 Å². The fourth-order valence-electron chi connectivity index (χ4n) is 1.82. The number of pyridine rings is 1. The van der Waals surface area contributed by atoms with E-state index in [0.29, 0.717) is 17.6 Å². The Labute approximate surface area is 121 Å². The molecule has 0 aliphatic rings. The molecule has 0 saturated heterocycles. The average molecular weight is 321 g/mol. The highest BCUT2D eigenvalue weighted by atomic mass is 79.9. The third-order valence-corrected chi connectivity index (χ3v) is 3.53. The van der Waals surface area contributed by atoms with Crippen LogP contribution in [0.25, 0.3) is 11.5 Å². The molecule has 0 aliphatic heterocycles. The summed E-state index contributed by atoms with van der Waals surface area (Å²) in [5, 5.41) is 0. The first-order chi connectivity index (χ1) is 8.97. The summed E-state index contributed by atoms with van der Waals surface area (Å²) in [5.41, 5.74) is 8.57. The van der Waals surface area contributed by atoms with E-state index in [1.807, 2.05) is 25.1 Å². The van der Waals surface area contributed by atoms with Gasteiger partial charge >= 0.3 is 0 Å². The van der Waals surface area contributed by atoms with Gasteiger partial charge in [0, 0.05) is 5.69 Å². The summed E-state index contributed by atoms with van der Waals surface area (Å²) < 4.78 is 0.789. The molecule has 0 radical (unpaired) electrons. The Morgan fingerprint density at radius 3 is 2.58 bits per heavy atom. The molecule has 2 aromatic rings. The molecule has 0 spiro atoms. The standard InChI is InChI=1S/C14H17BrN4/c1-8(2)7-11-12(15)13(16)19-14(18-11)10-6-4-5-9(3)17-10/h4-6,8H,7H2,1-3H3,(H2,16,18,19). The summed E-state index contributed by atoms with van der Waals surface area (Å²) in [6.45, 7) is 6.24. The molecule has 2 N–H and O–H groups in total. The predicted octanol–water partition coefficient (Wildman–Crippen LogP) is 3.39. The lowest BCUT2D eigenvalue weighted by Crippen LogP contribution is -2.06. The van der Waals surface area contributed by atoms with Crippen molar-refractivity contribution < 1.29 is 0 Å². The van der Waals surface area contributed by atoms with Gasteiger partial charge in [-0.15, -0.1) is 0 Å². The molecule has 100 valence electrons. The number of rotatable bonds is 3. The highest BCUT2D eigenvalue weighted by Gasteiger charge is 2.13. The summed E-state index contributed by atoms with van der Waals surface area (Å²) in [5.74, 6) is 1.55. The van der Waals surface area contributed by atoms with E-state index in [2.05, 4.69) is 44.7 Å². The van der Waals surface area contributed by atoms with Crippen LogP contribution in [-0.4, -0.2) is 15.0 Å². The van der Waals surface area contributed by atoms with E-state index in [1.54, 1.807) is 0 Å². The van der Waals surface area contributed by atoms with Crippen LogP contribution in [0.2, 0.25) is 0 Å². The molecule has 2 heterocycles. The van der Waals surface area contributed by atoms with Crippen LogP contribution < -0.4 is 5.73 Å². The third kappa shape index (κ3) is 3.29. The van der Waals surface area contributed by atoms with Crippen LogP contribution >= 0.6 is 15.9 Å². The lowest BCUT2D eigenvalue weighted by molar-refractivity contribution is 0.632. The van der Waals surface area contributed by atoms with Crippen LogP contribution in [0.15, 0.2) is 22.7 Å². The molecular weight excluding hydrogens is 304 g/mol. The van der Waals surface area contributed by atoms with Crippen molar-refractivity contribution in [2.75, 3.05) is 5.73 Å². The smallest absolute Gasteiger partial charge is 0.180 e. The Hall–Kier alpha value is -1.49. The first-order valence-corrected chi connectivity index (χ1v) is 7.02. The van der Waals surface area contributed by atoms with Crippen LogP contribution in [0, 0.1) is 12.8 Å². The Morgan fingerprint density at radius 2 is 1.95 bits per heavy atom. The van der Waals surface area contributed by atoms with Crippen molar-refractivity contribution in [3.63, 3.8) is 0 Å². The summed E-state index contributed by atoms with van der Waals surface area (Å²) in [4.78, 5) is 13.3. The minimum atomic E-state index is 0.462. The largest absolute Gasteiger partial charge is 0.383 e. The lowest BCUT2D eigenvalue weighted by atomic mass is 10.1. The fourth-order valence-corrected chi connectivity index (χ4v) is 2.16. The van der Waals surface area contributed by atoms with E-state index in [9.17, 15) is 0 Å². The van der Waals surface area contributed by atoms with Crippen LogP contribution in [0.4, 0.5) is 5.82 Å². The monoisotopic (exact) mass is 320 g/mol. The number of hydrogen-bond donors (Lipinski definition) is 1. The number of nitrogens with two attached hydrogens (primary N) is 1. The SMILES string of the molecule is Cc1cccc(-c2nc(N)c(Br)c(CC(C)C)n2)n1. The van der Waals surface area contributed by atoms with Gasteiger partial charge in [-0.3, -0.25) is 0 Å². The number of nitrogen functional groups attached to an aromatic ring is 1. The van der Waals surface area contributed by atoms with Gasteiger partial charge in [-0.05, 0) is 47.3 Å². The molecular formula is C14H17BrN4. The van der Waals surface area contributed by atoms with E-state index in [-0.39, 0.29) is 0 Å². The van der Waals surface area contributed by atoms with E-state index in [0.717, 1.165) is 28.0 Å². The molecule has 0 aromatic carbocycles. The number of aromatic nitrogens is 3. The zero-order chi connectivity index (χ0) is 14.0. The van der Waals surface area contributed by atoms with Crippen molar-refractivity contribution in [3.8, 4) is 11.5 Å². The van der Waals surface area contributed by atoms with Crippen molar-refractivity contribution in [1.29, 1.82) is 0 Å². The maximum atomic E-state index is 5.95. The highest BCUT2D eigenvalue weighted by molar-refractivity contribution is 9.10. The van der Waals surface area contributed by atoms with E-state index < -0.39 is 0 Å². The Balaban J connectivity index is 2.50. The molecule has 0 amide bonds. The number of halogens is 1. The molecule has 0 saturated carbocycles. The van der Waals surface area contributed by atoms with Gasteiger partial charge in [0.15, 0.2) is 5.82 Å². The van der Waals surface area contributed by atoms with Crippen molar-refractivity contribution in [1.82, 2.24) is 15.0 Å². The molecule has 5 heteroatoms. The fraction of sp³-hybridized carbons (Fsp3) is 0.357. The van der Waals surface area contributed by atoms with Gasteiger partial charge in [0.05, 0.1) is 10.2 Å². The Bertz CT molecular complexity index is 596. The summed E-state index contributed by atoms with van der Waals surface area (Å²) >= 11 is 3.46. The second-order valence-electron chi connectivity index (χ2n) is 4.96. The third-order valence-electron chi connectivity index (χ3n) is 2.66. The number of nitrogens with zero attached hydrogens (tertiary/aromatic N) is 3. The zero-order valence-electron chi connectivity index (χ0n) is 11.3. The van der Waals surface area contributed by atoms with Gasteiger partial charge in [0.25, 0.3) is 0 Å². The molecule has 0 atom stereocenters. The second-order valence-corrected chi connectivity index (χ2v) is 5.75. The summed E-state index contributed by atoms with van der Waals surface area (Å²) in [7, 11) is 0. The predicted molar refractivity (Wildman–Crippen MR) is 80.7 cm³/mol. The number of aryl methyl sites for hydroxylation is 1. The Morgan fingerprint density at radius 1 is 1.21 bits per heavy atom. The van der Waals surface area contributed by atoms with Gasteiger partial charge < -0.3 is 5.73 Å². The quantitative estimate of drug-likeness (QED) is 0.941. The van der Waals surface area contributed by atoms with E-state index in [4.69, 9.17) is 5.73 Å².